The van der Waals surface area contributed by atoms with Crippen molar-refractivity contribution < 1.29 is 22.3 Å². The first-order valence-electron chi connectivity index (χ1n) is 6.78. The van der Waals surface area contributed by atoms with Gasteiger partial charge < -0.3 is 4.74 Å². The molecule has 1 heterocycles. The summed E-state index contributed by atoms with van der Waals surface area (Å²) in [5.41, 5.74) is -1.99. The monoisotopic (exact) mass is 352 g/mol. The van der Waals surface area contributed by atoms with Gasteiger partial charge in [0.2, 0.25) is 0 Å². The summed E-state index contributed by atoms with van der Waals surface area (Å²) < 4.78 is 58.8. The molecule has 24 heavy (non-hydrogen) atoms. The Hall–Kier alpha value is -2.45. The molecule has 0 fully saturated rings. The molecule has 0 aliphatic carbocycles. The third kappa shape index (κ3) is 2.63. The smallest absolute Gasteiger partial charge is 0.444 e. The minimum Gasteiger partial charge on any atom is -0.460 e. The summed E-state index contributed by atoms with van der Waals surface area (Å²) in [7, 11) is 0. The van der Waals surface area contributed by atoms with Gasteiger partial charge in [-0.15, -0.1) is 6.42 Å². The maximum atomic E-state index is 13.5. The SMILES string of the molecule is C#CC1(C(F)(F)F)C=Cc2cc(Cl)cc(-c3cccc(F)c3)c2O1. The first-order valence-corrected chi connectivity index (χ1v) is 7.16. The molecule has 1 unspecified atom stereocenters. The maximum Gasteiger partial charge on any atom is 0.444 e. The topological polar surface area (TPSA) is 9.23 Å². The highest BCUT2D eigenvalue weighted by molar-refractivity contribution is 6.31. The molecule has 0 N–H and O–H groups in total. The van der Waals surface area contributed by atoms with Crippen LogP contribution in [0.5, 0.6) is 5.75 Å². The Morgan fingerprint density at radius 2 is 1.92 bits per heavy atom. The molecule has 1 aliphatic rings. The van der Waals surface area contributed by atoms with Crippen molar-refractivity contribution in [2.45, 2.75) is 11.8 Å². The van der Waals surface area contributed by atoms with Crippen molar-refractivity contribution in [3.8, 4) is 29.2 Å². The number of fused-ring (bicyclic) bond motifs is 1. The van der Waals surface area contributed by atoms with Gasteiger partial charge in [-0.1, -0.05) is 23.7 Å². The van der Waals surface area contributed by atoms with Crippen molar-refractivity contribution in [1.82, 2.24) is 0 Å². The predicted octanol–water partition coefficient (Wildman–Crippen LogP) is 5.49. The molecule has 0 radical (unpaired) electrons. The number of hydrogen-bond acceptors (Lipinski definition) is 1. The van der Waals surface area contributed by atoms with Crippen molar-refractivity contribution in [1.29, 1.82) is 0 Å². The van der Waals surface area contributed by atoms with E-state index >= 15 is 0 Å². The van der Waals surface area contributed by atoms with Gasteiger partial charge in [0, 0.05) is 16.1 Å². The van der Waals surface area contributed by atoms with Crippen LogP contribution in [-0.4, -0.2) is 11.8 Å². The quantitative estimate of drug-likeness (QED) is 0.487. The number of alkyl halides is 3. The molecule has 0 amide bonds. The Morgan fingerprint density at radius 3 is 2.54 bits per heavy atom. The zero-order chi connectivity index (χ0) is 17.5. The molecule has 122 valence electrons. The molecule has 0 spiro atoms. The third-order valence-electron chi connectivity index (χ3n) is 3.61. The first-order chi connectivity index (χ1) is 11.3. The number of halogens is 5. The second-order valence-electron chi connectivity index (χ2n) is 5.20. The highest BCUT2D eigenvalue weighted by Gasteiger charge is 2.56. The molecule has 0 aromatic heterocycles. The van der Waals surface area contributed by atoms with Gasteiger partial charge in [-0.05, 0) is 47.9 Å². The van der Waals surface area contributed by atoms with Gasteiger partial charge in [0.1, 0.15) is 11.6 Å². The standard InChI is InChI=1S/C18H9ClF4O/c1-2-17(18(21,22)23)7-6-12-8-13(19)10-15(16(12)24-17)11-4-3-5-14(20)9-11/h1,3-10H. The van der Waals surface area contributed by atoms with Gasteiger partial charge >= 0.3 is 6.18 Å². The molecule has 1 atom stereocenters. The van der Waals surface area contributed by atoms with Crippen LogP contribution in [0.4, 0.5) is 17.6 Å². The van der Waals surface area contributed by atoms with Crippen molar-refractivity contribution in [3.63, 3.8) is 0 Å². The van der Waals surface area contributed by atoms with E-state index in [4.69, 9.17) is 22.8 Å². The Morgan fingerprint density at radius 1 is 1.17 bits per heavy atom. The van der Waals surface area contributed by atoms with Gasteiger partial charge in [0.15, 0.2) is 0 Å². The lowest BCUT2D eigenvalue weighted by atomic mass is 9.94. The summed E-state index contributed by atoms with van der Waals surface area (Å²) >= 11 is 6.02. The van der Waals surface area contributed by atoms with Crippen molar-refractivity contribution in [2.24, 2.45) is 0 Å². The van der Waals surface area contributed by atoms with Crippen LogP contribution in [0.25, 0.3) is 17.2 Å². The summed E-state index contributed by atoms with van der Waals surface area (Å²) in [6, 6.07) is 8.25. The van der Waals surface area contributed by atoms with E-state index < -0.39 is 17.6 Å². The predicted molar refractivity (Wildman–Crippen MR) is 84.1 cm³/mol. The third-order valence-corrected chi connectivity index (χ3v) is 3.83. The molecule has 0 saturated carbocycles. The van der Waals surface area contributed by atoms with Crippen LogP contribution in [0.1, 0.15) is 5.56 Å². The molecule has 0 saturated heterocycles. The fourth-order valence-corrected chi connectivity index (χ4v) is 2.66. The molecule has 2 aromatic carbocycles. The van der Waals surface area contributed by atoms with E-state index in [1.807, 2.05) is 0 Å². The van der Waals surface area contributed by atoms with Gasteiger partial charge in [0.05, 0.1) is 0 Å². The number of rotatable bonds is 1. The Kier molecular flexibility index (Phi) is 3.81. The number of terminal acetylenes is 1. The van der Waals surface area contributed by atoms with E-state index in [0.29, 0.717) is 11.1 Å². The van der Waals surface area contributed by atoms with Gasteiger partial charge in [-0.2, -0.15) is 13.2 Å². The molecule has 3 rings (SSSR count). The van der Waals surface area contributed by atoms with Crippen LogP contribution in [-0.2, 0) is 0 Å². The largest absolute Gasteiger partial charge is 0.460 e. The summed E-state index contributed by atoms with van der Waals surface area (Å²) in [5.74, 6) is 1.03. The minimum absolute atomic E-state index is 0.0947. The molecule has 1 aliphatic heterocycles. The Labute approximate surface area is 140 Å². The summed E-state index contributed by atoms with van der Waals surface area (Å²) in [6.45, 7) is 0. The van der Waals surface area contributed by atoms with E-state index in [2.05, 4.69) is 0 Å². The molecule has 2 aromatic rings. The van der Waals surface area contributed by atoms with Gasteiger partial charge in [-0.25, -0.2) is 4.39 Å². The number of hydrogen-bond donors (Lipinski definition) is 0. The fraction of sp³-hybridized carbons (Fsp3) is 0.111. The van der Waals surface area contributed by atoms with Crippen LogP contribution in [0.15, 0.2) is 42.5 Å². The first kappa shape index (κ1) is 16.4. The van der Waals surface area contributed by atoms with E-state index in [1.54, 1.807) is 12.0 Å². The highest BCUT2D eigenvalue weighted by atomic mass is 35.5. The minimum atomic E-state index is -4.81. The van der Waals surface area contributed by atoms with Crippen LogP contribution in [0.3, 0.4) is 0 Å². The zero-order valence-corrected chi connectivity index (χ0v) is 12.8. The molecular formula is C18H9ClF4O. The van der Waals surface area contributed by atoms with E-state index in [-0.39, 0.29) is 16.3 Å². The Bertz CT molecular complexity index is 880. The normalized spacial score (nSPS) is 19.3. The summed E-state index contributed by atoms with van der Waals surface area (Å²) in [4.78, 5) is 0. The van der Waals surface area contributed by atoms with Crippen LogP contribution in [0, 0.1) is 18.2 Å². The van der Waals surface area contributed by atoms with Crippen molar-refractivity contribution in [2.75, 3.05) is 0 Å². The van der Waals surface area contributed by atoms with E-state index in [1.165, 1.54) is 36.4 Å². The lowest BCUT2D eigenvalue weighted by Crippen LogP contribution is -2.48. The van der Waals surface area contributed by atoms with Crippen LogP contribution < -0.4 is 4.74 Å². The summed E-state index contributed by atoms with van der Waals surface area (Å²) in [6.07, 6.45) is 2.26. The lowest BCUT2D eigenvalue weighted by Gasteiger charge is -2.33. The second kappa shape index (κ2) is 5.57. The summed E-state index contributed by atoms with van der Waals surface area (Å²) in [5, 5.41) is 0.279. The maximum absolute atomic E-state index is 13.5. The molecule has 6 heteroatoms. The van der Waals surface area contributed by atoms with Crippen LogP contribution in [0.2, 0.25) is 5.02 Å². The van der Waals surface area contributed by atoms with E-state index in [9.17, 15) is 17.6 Å². The van der Waals surface area contributed by atoms with Crippen LogP contribution >= 0.6 is 11.6 Å². The van der Waals surface area contributed by atoms with Gasteiger partial charge in [0.25, 0.3) is 5.60 Å². The van der Waals surface area contributed by atoms with Gasteiger partial charge in [-0.3, -0.25) is 0 Å². The van der Waals surface area contributed by atoms with Crippen molar-refractivity contribution in [3.05, 3.63) is 58.9 Å². The fourth-order valence-electron chi connectivity index (χ4n) is 2.44. The number of benzene rings is 2. The average Bonchev–Trinajstić information content (AvgIpc) is 2.52. The van der Waals surface area contributed by atoms with E-state index in [0.717, 1.165) is 6.08 Å². The highest BCUT2D eigenvalue weighted by Crippen LogP contribution is 2.46. The molecular weight excluding hydrogens is 344 g/mol. The van der Waals surface area contributed by atoms with Crippen molar-refractivity contribution >= 4 is 17.7 Å². The molecule has 0 bridgehead atoms. The average molecular weight is 353 g/mol. The lowest BCUT2D eigenvalue weighted by molar-refractivity contribution is -0.207. The number of ether oxygens (including phenoxy) is 1. The second-order valence-corrected chi connectivity index (χ2v) is 5.63. The Balaban J connectivity index is 2.23. The zero-order valence-electron chi connectivity index (χ0n) is 12.0. The molecule has 1 nitrogen and oxygen atoms in total.